The highest BCUT2D eigenvalue weighted by Crippen LogP contribution is 2.31. The van der Waals surface area contributed by atoms with Crippen LogP contribution < -0.4 is 5.32 Å². The van der Waals surface area contributed by atoms with Gasteiger partial charge < -0.3 is 24.4 Å². The van der Waals surface area contributed by atoms with Gasteiger partial charge >= 0.3 is 0 Å². The Balaban J connectivity index is 0.000000212. The third-order valence-corrected chi connectivity index (χ3v) is 7.98. The van der Waals surface area contributed by atoms with Crippen molar-refractivity contribution in [2.24, 2.45) is 0 Å². The molecule has 1 amide bonds. The number of nitrogens with zero attached hydrogens (tertiary/aromatic N) is 1. The summed E-state index contributed by atoms with van der Waals surface area (Å²) in [5.74, 6) is -0.0675. The van der Waals surface area contributed by atoms with E-state index in [1.807, 2.05) is 48.5 Å². The Labute approximate surface area is 249 Å². The van der Waals surface area contributed by atoms with Crippen molar-refractivity contribution in [1.82, 2.24) is 10.2 Å². The first kappa shape index (κ1) is 30.1. The highest BCUT2D eigenvalue weighted by molar-refractivity contribution is 6.42. The van der Waals surface area contributed by atoms with Gasteiger partial charge in [-0.25, -0.2) is 0 Å². The van der Waals surface area contributed by atoms with Gasteiger partial charge in [-0.2, -0.15) is 0 Å². The molecule has 0 unspecified atom stereocenters. The van der Waals surface area contributed by atoms with E-state index in [1.165, 1.54) is 0 Å². The summed E-state index contributed by atoms with van der Waals surface area (Å²) in [6.07, 6.45) is -0.756. The molecule has 10 heteroatoms. The van der Waals surface area contributed by atoms with Crippen LogP contribution in [-0.4, -0.2) is 57.3 Å². The van der Waals surface area contributed by atoms with Gasteiger partial charge in [0.25, 0.3) is 5.91 Å². The summed E-state index contributed by atoms with van der Waals surface area (Å²) < 4.78 is 16.9. The van der Waals surface area contributed by atoms with Gasteiger partial charge in [-0.3, -0.25) is 4.79 Å². The van der Waals surface area contributed by atoms with Crippen molar-refractivity contribution in [2.75, 3.05) is 46.5 Å². The second-order valence-electron chi connectivity index (χ2n) is 9.08. The molecule has 6 nitrogen and oxygen atoms in total. The minimum absolute atomic E-state index is 0.0675. The Bertz CT molecular complexity index is 1240. The SMILES string of the molecule is CO[C@@H](C(=O)N1CCO[C@H](c2ccc(Cl)c(Cl)c2)C1)c1ccccc1.Clc1ccc([C@@H]2CNCCO2)cc1Cl. The minimum atomic E-state index is -0.617. The second kappa shape index (κ2) is 14.7. The summed E-state index contributed by atoms with van der Waals surface area (Å²) in [6, 6.07) is 20.5. The number of methoxy groups -OCH3 is 1. The van der Waals surface area contributed by atoms with Gasteiger partial charge in [0.15, 0.2) is 6.10 Å². The van der Waals surface area contributed by atoms with Crippen LogP contribution in [-0.2, 0) is 19.0 Å². The number of carbonyl (C=O) groups is 1. The number of hydrogen-bond donors (Lipinski definition) is 1. The van der Waals surface area contributed by atoms with E-state index in [1.54, 1.807) is 30.2 Å². The number of morpholine rings is 2. The quantitative estimate of drug-likeness (QED) is 0.339. The molecule has 2 saturated heterocycles. The summed E-state index contributed by atoms with van der Waals surface area (Å²) in [5.41, 5.74) is 2.82. The molecule has 3 aromatic rings. The number of ether oxygens (including phenoxy) is 3. The van der Waals surface area contributed by atoms with E-state index in [-0.39, 0.29) is 18.1 Å². The maximum atomic E-state index is 12.9. The normalized spacial score (nSPS) is 20.1. The number of nitrogens with one attached hydrogen (secondary N) is 1. The van der Waals surface area contributed by atoms with Crippen LogP contribution in [0.25, 0.3) is 0 Å². The molecule has 0 spiro atoms. The smallest absolute Gasteiger partial charge is 0.256 e. The number of halogens is 4. The maximum Gasteiger partial charge on any atom is 0.256 e. The van der Waals surface area contributed by atoms with Gasteiger partial charge in [-0.1, -0.05) is 88.9 Å². The molecular formula is C29H30Cl4N2O4. The van der Waals surface area contributed by atoms with Crippen LogP contribution in [0, 0.1) is 0 Å². The Morgan fingerprint density at radius 1 is 0.872 bits per heavy atom. The van der Waals surface area contributed by atoms with Crippen LogP contribution in [0.4, 0.5) is 0 Å². The Kier molecular flexibility index (Phi) is 11.3. The van der Waals surface area contributed by atoms with Crippen molar-refractivity contribution in [1.29, 1.82) is 0 Å². The fraction of sp³-hybridized carbons (Fsp3) is 0.345. The number of benzene rings is 3. The van der Waals surface area contributed by atoms with Crippen LogP contribution in [0.3, 0.4) is 0 Å². The van der Waals surface area contributed by atoms with E-state index in [9.17, 15) is 4.79 Å². The number of amides is 1. The average Bonchev–Trinajstić information content (AvgIpc) is 2.98. The highest BCUT2D eigenvalue weighted by atomic mass is 35.5. The number of hydrogen-bond acceptors (Lipinski definition) is 5. The Hall–Kier alpha value is -1.87. The molecule has 0 aliphatic carbocycles. The lowest BCUT2D eigenvalue weighted by Gasteiger charge is -2.35. The third kappa shape index (κ3) is 8.09. The van der Waals surface area contributed by atoms with Crippen molar-refractivity contribution >= 4 is 52.3 Å². The molecule has 3 atom stereocenters. The van der Waals surface area contributed by atoms with Gasteiger partial charge in [-0.05, 0) is 41.0 Å². The third-order valence-electron chi connectivity index (χ3n) is 6.50. The van der Waals surface area contributed by atoms with E-state index in [2.05, 4.69) is 5.32 Å². The lowest BCUT2D eigenvalue weighted by atomic mass is 10.1. The lowest BCUT2D eigenvalue weighted by molar-refractivity contribution is -0.150. The van der Waals surface area contributed by atoms with Gasteiger partial charge in [0.05, 0.1) is 46.0 Å². The predicted octanol–water partition coefficient (Wildman–Crippen LogP) is 6.94. The fourth-order valence-electron chi connectivity index (χ4n) is 4.43. The Morgan fingerprint density at radius 3 is 2.05 bits per heavy atom. The molecule has 2 heterocycles. The average molecular weight is 612 g/mol. The lowest BCUT2D eigenvalue weighted by Crippen LogP contribution is -2.44. The zero-order valence-corrected chi connectivity index (χ0v) is 24.4. The van der Waals surface area contributed by atoms with Crippen LogP contribution in [0.15, 0.2) is 66.7 Å². The van der Waals surface area contributed by atoms with Gasteiger partial charge in [0.2, 0.25) is 0 Å². The fourth-order valence-corrected chi connectivity index (χ4v) is 5.04. The summed E-state index contributed by atoms with van der Waals surface area (Å²) in [7, 11) is 1.55. The second-order valence-corrected chi connectivity index (χ2v) is 10.7. The highest BCUT2D eigenvalue weighted by Gasteiger charge is 2.31. The molecule has 2 aliphatic rings. The molecule has 5 rings (SSSR count). The van der Waals surface area contributed by atoms with Crippen LogP contribution >= 0.6 is 46.4 Å². The monoisotopic (exact) mass is 610 g/mol. The van der Waals surface area contributed by atoms with Gasteiger partial charge in [0.1, 0.15) is 6.10 Å². The molecule has 2 aliphatic heterocycles. The van der Waals surface area contributed by atoms with Crippen LogP contribution in [0.2, 0.25) is 20.1 Å². The predicted molar refractivity (Wildman–Crippen MR) is 156 cm³/mol. The number of rotatable bonds is 5. The Morgan fingerprint density at radius 2 is 1.49 bits per heavy atom. The van der Waals surface area contributed by atoms with Crippen LogP contribution in [0.1, 0.15) is 35.0 Å². The van der Waals surface area contributed by atoms with E-state index in [4.69, 9.17) is 60.6 Å². The summed E-state index contributed by atoms with van der Waals surface area (Å²) in [4.78, 5) is 14.7. The molecule has 2 fully saturated rings. The molecule has 0 radical (unpaired) electrons. The molecule has 1 N–H and O–H groups in total. The minimum Gasteiger partial charge on any atom is -0.371 e. The first-order valence-corrected chi connectivity index (χ1v) is 14.1. The standard InChI is InChI=1S/C19H19Cl2NO3.C10H11Cl2NO/c1-24-18(13-5-3-2-4-6-13)19(23)22-9-10-25-17(12-22)14-7-8-15(20)16(21)11-14;11-8-2-1-7(5-9(8)12)10-6-13-3-4-14-10/h2-8,11,17-18H,9-10,12H2,1H3;1-2,5,10,13H,3-4,6H2/t17-,18+;10-/m00/s1. The largest absolute Gasteiger partial charge is 0.371 e. The molecule has 0 aromatic heterocycles. The zero-order valence-electron chi connectivity index (χ0n) is 21.4. The molecule has 0 saturated carbocycles. The van der Waals surface area contributed by atoms with E-state index in [0.29, 0.717) is 39.8 Å². The van der Waals surface area contributed by atoms with Crippen molar-refractivity contribution in [3.05, 3.63) is 104 Å². The summed E-state index contributed by atoms with van der Waals surface area (Å²) in [6.45, 7) is 3.93. The van der Waals surface area contributed by atoms with E-state index in [0.717, 1.165) is 36.4 Å². The molecular weight excluding hydrogens is 582 g/mol. The molecule has 3 aromatic carbocycles. The van der Waals surface area contributed by atoms with Gasteiger partial charge in [-0.15, -0.1) is 0 Å². The molecule has 208 valence electrons. The zero-order chi connectivity index (χ0) is 27.8. The first-order valence-electron chi connectivity index (χ1n) is 12.6. The van der Waals surface area contributed by atoms with E-state index < -0.39 is 6.10 Å². The first-order chi connectivity index (χ1) is 18.9. The van der Waals surface area contributed by atoms with Gasteiger partial charge in [0, 0.05) is 26.7 Å². The summed E-state index contributed by atoms with van der Waals surface area (Å²) in [5, 5.41) is 5.41. The van der Waals surface area contributed by atoms with Crippen molar-refractivity contribution < 1.29 is 19.0 Å². The molecule has 0 bridgehead atoms. The maximum absolute atomic E-state index is 12.9. The van der Waals surface area contributed by atoms with Crippen LogP contribution in [0.5, 0.6) is 0 Å². The van der Waals surface area contributed by atoms with Crippen molar-refractivity contribution in [2.45, 2.75) is 18.3 Å². The van der Waals surface area contributed by atoms with E-state index >= 15 is 0 Å². The molecule has 39 heavy (non-hydrogen) atoms. The van der Waals surface area contributed by atoms with Crippen molar-refractivity contribution in [3.63, 3.8) is 0 Å². The number of carbonyl (C=O) groups excluding carboxylic acids is 1. The van der Waals surface area contributed by atoms with Crippen molar-refractivity contribution in [3.8, 4) is 0 Å². The summed E-state index contributed by atoms with van der Waals surface area (Å²) >= 11 is 23.8. The topological polar surface area (TPSA) is 60.0 Å².